The van der Waals surface area contributed by atoms with E-state index in [-0.39, 0.29) is 0 Å². The van der Waals surface area contributed by atoms with Crippen molar-refractivity contribution >= 4 is 0 Å². The Morgan fingerprint density at radius 1 is 1.00 bits per heavy atom. The summed E-state index contributed by atoms with van der Waals surface area (Å²) in [4.78, 5) is 0. The van der Waals surface area contributed by atoms with Gasteiger partial charge in [-0.1, -0.05) is 37.5 Å². The third kappa shape index (κ3) is 3.36. The lowest BCUT2D eigenvalue weighted by Crippen LogP contribution is -2.09. The Hall–Kier alpha value is -1.96. The Morgan fingerprint density at radius 2 is 1.74 bits per heavy atom. The molecule has 2 N–H and O–H groups in total. The highest BCUT2D eigenvalue weighted by Gasteiger charge is 2.23. The first kappa shape index (κ1) is 15.9. The van der Waals surface area contributed by atoms with Gasteiger partial charge in [0, 0.05) is 5.56 Å². The molecule has 0 bridgehead atoms. The topological polar surface area (TPSA) is 40.5 Å². The summed E-state index contributed by atoms with van der Waals surface area (Å²) in [5.41, 5.74) is 5.72. The van der Waals surface area contributed by atoms with Crippen molar-refractivity contribution in [1.29, 1.82) is 0 Å². The molecule has 3 rings (SSSR count). The lowest BCUT2D eigenvalue weighted by molar-refractivity contribution is 0.410. The van der Waals surface area contributed by atoms with Gasteiger partial charge in [0.05, 0.1) is 0 Å². The van der Waals surface area contributed by atoms with Crippen LogP contribution in [0.15, 0.2) is 30.3 Å². The SMILES string of the molecule is Cc1cc(Cc2cccc(O)c2)c(C)c(C2CCCCC2)c1O. The summed E-state index contributed by atoms with van der Waals surface area (Å²) in [6.07, 6.45) is 7.00. The van der Waals surface area contributed by atoms with E-state index in [4.69, 9.17) is 0 Å². The molecule has 0 saturated heterocycles. The smallest absolute Gasteiger partial charge is 0.122 e. The summed E-state index contributed by atoms with van der Waals surface area (Å²) >= 11 is 0. The number of hydrogen-bond acceptors (Lipinski definition) is 2. The van der Waals surface area contributed by atoms with Crippen LogP contribution in [0, 0.1) is 13.8 Å². The number of aromatic hydroxyl groups is 2. The second-order valence-corrected chi connectivity index (χ2v) is 6.92. The highest BCUT2D eigenvalue weighted by molar-refractivity contribution is 5.52. The van der Waals surface area contributed by atoms with Crippen molar-refractivity contribution in [2.75, 3.05) is 0 Å². The molecule has 2 aromatic carbocycles. The van der Waals surface area contributed by atoms with Gasteiger partial charge < -0.3 is 10.2 Å². The van der Waals surface area contributed by atoms with Gasteiger partial charge in [-0.15, -0.1) is 0 Å². The van der Waals surface area contributed by atoms with Crippen molar-refractivity contribution in [3.8, 4) is 11.5 Å². The number of phenols is 2. The predicted octanol–water partition coefficient (Wildman–Crippen LogP) is 5.35. The molecule has 0 radical (unpaired) electrons. The lowest BCUT2D eigenvalue weighted by Gasteiger charge is -2.26. The van der Waals surface area contributed by atoms with Crippen molar-refractivity contribution in [3.63, 3.8) is 0 Å². The van der Waals surface area contributed by atoms with Crippen LogP contribution >= 0.6 is 0 Å². The molecule has 2 aromatic rings. The fourth-order valence-electron chi connectivity index (χ4n) is 3.96. The van der Waals surface area contributed by atoms with E-state index < -0.39 is 0 Å². The zero-order valence-corrected chi connectivity index (χ0v) is 14.1. The van der Waals surface area contributed by atoms with Crippen molar-refractivity contribution in [3.05, 3.63) is 58.1 Å². The zero-order valence-electron chi connectivity index (χ0n) is 14.1. The molecule has 0 heterocycles. The molecule has 0 spiro atoms. The minimum absolute atomic E-state index is 0.308. The van der Waals surface area contributed by atoms with E-state index in [0.717, 1.165) is 17.5 Å². The number of rotatable bonds is 3. The molecule has 1 saturated carbocycles. The van der Waals surface area contributed by atoms with Gasteiger partial charge in [0.1, 0.15) is 11.5 Å². The van der Waals surface area contributed by atoms with Crippen molar-refractivity contribution < 1.29 is 10.2 Å². The molecule has 2 heteroatoms. The molecular weight excluding hydrogens is 284 g/mol. The molecule has 2 nitrogen and oxygen atoms in total. The number of benzene rings is 2. The van der Waals surface area contributed by atoms with Crippen LogP contribution < -0.4 is 0 Å². The summed E-state index contributed by atoms with van der Waals surface area (Å²) in [6, 6.07) is 9.55. The van der Waals surface area contributed by atoms with Crippen LogP contribution in [0.3, 0.4) is 0 Å². The number of aryl methyl sites for hydroxylation is 1. The Kier molecular flexibility index (Phi) is 4.61. The molecule has 0 atom stereocenters. The lowest BCUT2D eigenvalue weighted by atomic mass is 9.79. The average molecular weight is 310 g/mol. The first-order valence-corrected chi connectivity index (χ1v) is 8.66. The van der Waals surface area contributed by atoms with Gasteiger partial charge in [0.15, 0.2) is 0 Å². The van der Waals surface area contributed by atoms with Gasteiger partial charge in [-0.3, -0.25) is 0 Å². The molecule has 1 aliphatic carbocycles. The summed E-state index contributed by atoms with van der Waals surface area (Å²) in [5.74, 6) is 1.30. The maximum absolute atomic E-state index is 10.6. The molecule has 0 amide bonds. The van der Waals surface area contributed by atoms with E-state index in [9.17, 15) is 10.2 Å². The van der Waals surface area contributed by atoms with Gasteiger partial charge in [-0.05, 0) is 73.4 Å². The maximum Gasteiger partial charge on any atom is 0.122 e. The maximum atomic E-state index is 10.6. The molecule has 1 aliphatic rings. The van der Waals surface area contributed by atoms with E-state index in [2.05, 4.69) is 13.0 Å². The van der Waals surface area contributed by atoms with Gasteiger partial charge in [-0.2, -0.15) is 0 Å². The fourth-order valence-corrected chi connectivity index (χ4v) is 3.96. The highest BCUT2D eigenvalue weighted by atomic mass is 16.3. The summed E-state index contributed by atoms with van der Waals surface area (Å²) in [5, 5.41) is 20.3. The Balaban J connectivity index is 1.99. The van der Waals surface area contributed by atoms with Gasteiger partial charge >= 0.3 is 0 Å². The monoisotopic (exact) mass is 310 g/mol. The number of phenolic OH excluding ortho intramolecular Hbond substituents is 2. The third-order valence-corrected chi connectivity index (χ3v) is 5.22. The summed E-state index contributed by atoms with van der Waals surface area (Å²) in [7, 11) is 0. The van der Waals surface area contributed by atoms with Crippen molar-refractivity contribution in [1.82, 2.24) is 0 Å². The Bertz CT molecular complexity index is 697. The van der Waals surface area contributed by atoms with E-state index >= 15 is 0 Å². The van der Waals surface area contributed by atoms with Crippen LogP contribution in [0.1, 0.15) is 65.8 Å². The van der Waals surface area contributed by atoms with Crippen LogP contribution in [0.5, 0.6) is 11.5 Å². The molecule has 122 valence electrons. The van der Waals surface area contributed by atoms with E-state index in [1.54, 1.807) is 6.07 Å². The number of hydrogen-bond donors (Lipinski definition) is 2. The van der Waals surface area contributed by atoms with E-state index in [1.807, 2.05) is 25.1 Å². The molecular formula is C21H26O2. The molecule has 0 unspecified atom stereocenters. The second kappa shape index (κ2) is 6.66. The van der Waals surface area contributed by atoms with Crippen molar-refractivity contribution in [2.45, 2.75) is 58.3 Å². The second-order valence-electron chi connectivity index (χ2n) is 6.92. The van der Waals surface area contributed by atoms with Gasteiger partial charge in [-0.25, -0.2) is 0 Å². The minimum atomic E-state index is 0.308. The molecule has 1 fully saturated rings. The molecule has 23 heavy (non-hydrogen) atoms. The minimum Gasteiger partial charge on any atom is -0.508 e. The van der Waals surface area contributed by atoms with Crippen LogP contribution in [0.2, 0.25) is 0 Å². The van der Waals surface area contributed by atoms with Crippen LogP contribution in [0.25, 0.3) is 0 Å². The highest BCUT2D eigenvalue weighted by Crippen LogP contribution is 2.41. The molecule has 0 aromatic heterocycles. The van der Waals surface area contributed by atoms with E-state index in [1.165, 1.54) is 48.8 Å². The molecule has 0 aliphatic heterocycles. The zero-order chi connectivity index (χ0) is 16.4. The van der Waals surface area contributed by atoms with E-state index in [0.29, 0.717) is 17.4 Å². The fraction of sp³-hybridized carbons (Fsp3) is 0.429. The third-order valence-electron chi connectivity index (χ3n) is 5.22. The Labute approximate surface area is 138 Å². The quantitative estimate of drug-likeness (QED) is 0.802. The predicted molar refractivity (Wildman–Crippen MR) is 94.3 cm³/mol. The largest absolute Gasteiger partial charge is 0.508 e. The Morgan fingerprint density at radius 3 is 2.43 bits per heavy atom. The van der Waals surface area contributed by atoms with Gasteiger partial charge in [0.2, 0.25) is 0 Å². The summed E-state index contributed by atoms with van der Waals surface area (Å²) in [6.45, 7) is 4.13. The standard InChI is InChI=1S/C21H26O2/c1-14-11-18(12-16-7-6-10-19(22)13-16)15(2)20(21(14)23)17-8-4-3-5-9-17/h6-7,10-11,13,17,22-23H,3-5,8-9,12H2,1-2H3. The average Bonchev–Trinajstić information content (AvgIpc) is 2.54. The van der Waals surface area contributed by atoms with Crippen molar-refractivity contribution in [2.24, 2.45) is 0 Å². The van der Waals surface area contributed by atoms with Crippen LogP contribution in [-0.4, -0.2) is 10.2 Å². The van der Waals surface area contributed by atoms with Crippen LogP contribution in [0.4, 0.5) is 0 Å². The summed E-state index contributed by atoms with van der Waals surface area (Å²) < 4.78 is 0. The first-order valence-electron chi connectivity index (χ1n) is 8.66. The van der Waals surface area contributed by atoms with Gasteiger partial charge in [0.25, 0.3) is 0 Å². The first-order chi connectivity index (χ1) is 11.1. The normalized spacial score (nSPS) is 15.7. The van der Waals surface area contributed by atoms with Crippen LogP contribution in [-0.2, 0) is 6.42 Å².